The molecule has 1 aromatic heterocycles. The van der Waals surface area contributed by atoms with Gasteiger partial charge < -0.3 is 15.0 Å². The van der Waals surface area contributed by atoms with E-state index >= 15 is 0 Å². The summed E-state index contributed by atoms with van der Waals surface area (Å²) in [5.74, 6) is 0.254. The van der Waals surface area contributed by atoms with Crippen LogP contribution in [0, 0.1) is 0 Å². The average molecular weight is 298 g/mol. The molecule has 2 rings (SSSR count). The number of carbonyl (C=O) groups is 2. The van der Waals surface area contributed by atoms with Gasteiger partial charge in [0.15, 0.2) is 0 Å². The van der Waals surface area contributed by atoms with Crippen LogP contribution < -0.4 is 10.1 Å². The van der Waals surface area contributed by atoms with Gasteiger partial charge in [-0.3, -0.25) is 14.6 Å². The summed E-state index contributed by atoms with van der Waals surface area (Å²) < 4.78 is 5.76. The molecule has 2 heterocycles. The first-order valence-corrected chi connectivity index (χ1v) is 6.72. The van der Waals surface area contributed by atoms with Crippen LogP contribution in [-0.4, -0.2) is 47.4 Å². The molecule has 0 bridgehead atoms. The van der Waals surface area contributed by atoms with Gasteiger partial charge in [-0.1, -0.05) is 11.6 Å². The normalized spacial score (nSPS) is 17.9. The molecule has 7 heteroatoms. The molecule has 1 aliphatic heterocycles. The minimum absolute atomic E-state index is 0.0259. The second-order valence-corrected chi connectivity index (χ2v) is 4.99. The van der Waals surface area contributed by atoms with Gasteiger partial charge >= 0.3 is 0 Å². The van der Waals surface area contributed by atoms with E-state index in [9.17, 15) is 9.59 Å². The zero-order valence-electron chi connectivity index (χ0n) is 11.1. The molecule has 0 radical (unpaired) electrons. The van der Waals surface area contributed by atoms with E-state index in [4.69, 9.17) is 16.3 Å². The largest absolute Gasteiger partial charge is 0.487 e. The first kappa shape index (κ1) is 14.6. The van der Waals surface area contributed by atoms with Gasteiger partial charge in [0.05, 0.1) is 13.1 Å². The molecule has 0 spiro atoms. The highest BCUT2D eigenvalue weighted by atomic mass is 35.5. The summed E-state index contributed by atoms with van der Waals surface area (Å²) in [4.78, 5) is 28.2. The van der Waals surface area contributed by atoms with Crippen LogP contribution in [0.4, 0.5) is 0 Å². The number of aromatic nitrogens is 1. The van der Waals surface area contributed by atoms with Crippen LogP contribution in [0.2, 0.25) is 5.02 Å². The van der Waals surface area contributed by atoms with Crippen LogP contribution in [0.25, 0.3) is 0 Å². The van der Waals surface area contributed by atoms with Crippen molar-refractivity contribution in [2.75, 3.05) is 19.6 Å². The molecule has 1 atom stereocenters. The molecule has 20 heavy (non-hydrogen) atoms. The Kier molecular flexibility index (Phi) is 4.79. The Morgan fingerprint density at radius 1 is 1.60 bits per heavy atom. The fourth-order valence-electron chi connectivity index (χ4n) is 2.00. The van der Waals surface area contributed by atoms with Gasteiger partial charge in [-0.05, 0) is 0 Å². The fraction of sp³-hybridized carbons (Fsp3) is 0.462. The quantitative estimate of drug-likeness (QED) is 0.894. The van der Waals surface area contributed by atoms with Crippen LogP contribution in [0.3, 0.4) is 0 Å². The van der Waals surface area contributed by atoms with Gasteiger partial charge in [0, 0.05) is 38.3 Å². The van der Waals surface area contributed by atoms with Crippen molar-refractivity contribution in [3.8, 4) is 5.75 Å². The summed E-state index contributed by atoms with van der Waals surface area (Å²) in [6.07, 6.45) is 3.78. The zero-order chi connectivity index (χ0) is 14.5. The number of rotatable bonds is 4. The maximum absolute atomic E-state index is 11.8. The van der Waals surface area contributed by atoms with E-state index in [1.165, 1.54) is 13.1 Å². The minimum Gasteiger partial charge on any atom is -0.487 e. The van der Waals surface area contributed by atoms with E-state index in [1.54, 1.807) is 17.2 Å². The predicted molar refractivity (Wildman–Crippen MR) is 73.5 cm³/mol. The van der Waals surface area contributed by atoms with Crippen molar-refractivity contribution < 1.29 is 14.3 Å². The van der Waals surface area contributed by atoms with Crippen LogP contribution in [0.1, 0.15) is 13.3 Å². The summed E-state index contributed by atoms with van der Waals surface area (Å²) in [7, 11) is 0. The Bertz CT molecular complexity index is 509. The fourth-order valence-corrected chi connectivity index (χ4v) is 2.16. The van der Waals surface area contributed by atoms with E-state index in [0.717, 1.165) is 6.42 Å². The SMILES string of the molecule is CC(=O)NCC(=O)N1CC[C@H](Oc2ccncc2Cl)C1. The Morgan fingerprint density at radius 3 is 3.10 bits per heavy atom. The first-order valence-electron chi connectivity index (χ1n) is 6.34. The number of nitrogens with zero attached hydrogens (tertiary/aromatic N) is 2. The van der Waals surface area contributed by atoms with Crippen molar-refractivity contribution in [2.24, 2.45) is 0 Å². The lowest BCUT2D eigenvalue weighted by molar-refractivity contribution is -0.131. The molecule has 6 nitrogen and oxygen atoms in total. The number of carbonyl (C=O) groups excluding carboxylic acids is 2. The van der Waals surface area contributed by atoms with Crippen molar-refractivity contribution in [1.29, 1.82) is 0 Å². The van der Waals surface area contributed by atoms with Gasteiger partial charge in [0.1, 0.15) is 16.9 Å². The van der Waals surface area contributed by atoms with E-state index < -0.39 is 0 Å². The highest BCUT2D eigenvalue weighted by molar-refractivity contribution is 6.31. The lowest BCUT2D eigenvalue weighted by Crippen LogP contribution is -2.39. The van der Waals surface area contributed by atoms with Crippen molar-refractivity contribution >= 4 is 23.4 Å². The van der Waals surface area contributed by atoms with Gasteiger partial charge in [-0.25, -0.2) is 0 Å². The highest BCUT2D eigenvalue weighted by Crippen LogP contribution is 2.25. The predicted octanol–water partition coefficient (Wildman–Crippen LogP) is 0.851. The van der Waals surface area contributed by atoms with E-state index in [0.29, 0.717) is 23.9 Å². The lowest BCUT2D eigenvalue weighted by atomic mass is 10.3. The first-order chi connectivity index (χ1) is 9.56. The number of likely N-dealkylation sites (tertiary alicyclic amines) is 1. The lowest BCUT2D eigenvalue weighted by Gasteiger charge is -2.17. The van der Waals surface area contributed by atoms with Crippen molar-refractivity contribution in [3.63, 3.8) is 0 Å². The molecule has 2 amide bonds. The van der Waals surface area contributed by atoms with Crippen LogP contribution in [0.5, 0.6) is 5.75 Å². The molecule has 1 aliphatic rings. The monoisotopic (exact) mass is 297 g/mol. The maximum atomic E-state index is 11.8. The molecule has 1 N–H and O–H groups in total. The highest BCUT2D eigenvalue weighted by Gasteiger charge is 2.27. The zero-order valence-corrected chi connectivity index (χ0v) is 11.9. The van der Waals surface area contributed by atoms with Crippen molar-refractivity contribution in [3.05, 3.63) is 23.5 Å². The smallest absolute Gasteiger partial charge is 0.242 e. The maximum Gasteiger partial charge on any atom is 0.242 e. The second-order valence-electron chi connectivity index (χ2n) is 4.58. The number of pyridine rings is 1. The third-order valence-electron chi connectivity index (χ3n) is 3.02. The summed E-state index contributed by atoms with van der Waals surface area (Å²) in [6, 6.07) is 1.70. The molecular weight excluding hydrogens is 282 g/mol. The molecule has 0 aliphatic carbocycles. The molecule has 0 aromatic carbocycles. The van der Waals surface area contributed by atoms with Gasteiger partial charge in [0.2, 0.25) is 11.8 Å². The third kappa shape index (κ3) is 3.84. The Morgan fingerprint density at radius 2 is 2.40 bits per heavy atom. The molecular formula is C13H16ClN3O3. The molecule has 108 valence electrons. The molecule has 0 saturated carbocycles. The standard InChI is InChI=1S/C13H16ClN3O3/c1-9(18)16-7-13(19)17-5-3-10(8-17)20-12-2-4-15-6-11(12)14/h2,4,6,10H,3,5,7-8H2,1H3,(H,16,18)/t10-/m0/s1. The minimum atomic E-state index is -0.214. The van der Waals surface area contributed by atoms with E-state index in [-0.39, 0.29) is 24.5 Å². The number of amides is 2. The number of halogens is 1. The average Bonchev–Trinajstić information content (AvgIpc) is 2.87. The number of hydrogen-bond acceptors (Lipinski definition) is 4. The summed E-state index contributed by atoms with van der Waals surface area (Å²) in [5.41, 5.74) is 0. The topological polar surface area (TPSA) is 71.5 Å². The Hall–Kier alpha value is -1.82. The van der Waals surface area contributed by atoms with E-state index in [2.05, 4.69) is 10.3 Å². The van der Waals surface area contributed by atoms with Gasteiger partial charge in [-0.2, -0.15) is 0 Å². The second kappa shape index (κ2) is 6.56. The number of nitrogens with one attached hydrogen (secondary N) is 1. The summed E-state index contributed by atoms with van der Waals surface area (Å²) in [5, 5.41) is 2.95. The van der Waals surface area contributed by atoms with Crippen molar-refractivity contribution in [1.82, 2.24) is 15.2 Å². The molecule has 0 unspecified atom stereocenters. The third-order valence-corrected chi connectivity index (χ3v) is 3.30. The van der Waals surface area contributed by atoms with Gasteiger partial charge in [-0.15, -0.1) is 0 Å². The molecule has 1 fully saturated rings. The van der Waals surface area contributed by atoms with Crippen LogP contribution >= 0.6 is 11.6 Å². The molecule has 1 aromatic rings. The number of ether oxygens (including phenoxy) is 1. The van der Waals surface area contributed by atoms with Gasteiger partial charge in [0.25, 0.3) is 0 Å². The summed E-state index contributed by atoms with van der Waals surface area (Å²) in [6.45, 7) is 2.52. The van der Waals surface area contributed by atoms with Crippen molar-refractivity contribution in [2.45, 2.75) is 19.4 Å². The Balaban J connectivity index is 1.85. The Labute approximate surface area is 122 Å². The van der Waals surface area contributed by atoms with Crippen LogP contribution in [0.15, 0.2) is 18.5 Å². The van der Waals surface area contributed by atoms with Crippen LogP contribution in [-0.2, 0) is 9.59 Å². The summed E-state index contributed by atoms with van der Waals surface area (Å²) >= 11 is 5.97. The van der Waals surface area contributed by atoms with E-state index in [1.807, 2.05) is 0 Å². The number of hydrogen-bond donors (Lipinski definition) is 1. The molecule has 1 saturated heterocycles.